The van der Waals surface area contributed by atoms with Crippen LogP contribution >= 0.6 is 0 Å². The van der Waals surface area contributed by atoms with Crippen molar-refractivity contribution in [2.75, 3.05) is 5.32 Å². The number of nitrogens with one attached hydrogen (secondary N) is 2. The Balaban J connectivity index is 1.93. The summed E-state index contributed by atoms with van der Waals surface area (Å²) in [4.78, 5) is 0. The molecule has 0 aliphatic carbocycles. The van der Waals surface area contributed by atoms with Gasteiger partial charge in [-0.1, -0.05) is 6.92 Å². The third kappa shape index (κ3) is 5.48. The van der Waals surface area contributed by atoms with Crippen molar-refractivity contribution in [1.29, 1.82) is 0 Å². The minimum atomic E-state index is -4.98. The summed E-state index contributed by atoms with van der Waals surface area (Å²) >= 11 is 0. The molecule has 2 unspecified atom stereocenters. The molecule has 3 rings (SSSR count). The van der Waals surface area contributed by atoms with Gasteiger partial charge in [0.25, 0.3) is 0 Å². The second-order valence-corrected chi connectivity index (χ2v) is 7.63. The van der Waals surface area contributed by atoms with Gasteiger partial charge in [-0.2, -0.15) is 39.5 Å². The fourth-order valence-corrected chi connectivity index (χ4v) is 3.67. The Morgan fingerprint density at radius 1 is 0.812 bits per heavy atom. The molecule has 2 atom stereocenters. The third-order valence-electron chi connectivity index (χ3n) is 5.33. The van der Waals surface area contributed by atoms with E-state index in [-0.39, 0.29) is 29.8 Å². The van der Waals surface area contributed by atoms with Gasteiger partial charge < -0.3 is 10.6 Å². The van der Waals surface area contributed by atoms with Crippen LogP contribution in [0, 0.1) is 0 Å². The van der Waals surface area contributed by atoms with E-state index < -0.39 is 41.3 Å². The van der Waals surface area contributed by atoms with Crippen LogP contribution in [0.1, 0.15) is 53.6 Å². The van der Waals surface area contributed by atoms with Gasteiger partial charge in [-0.3, -0.25) is 0 Å². The second kappa shape index (κ2) is 8.49. The van der Waals surface area contributed by atoms with E-state index in [1.165, 1.54) is 6.07 Å². The number of anilines is 1. The van der Waals surface area contributed by atoms with E-state index in [9.17, 15) is 39.5 Å². The van der Waals surface area contributed by atoms with E-state index in [1.54, 1.807) is 0 Å². The molecule has 0 amide bonds. The highest BCUT2D eigenvalue weighted by Gasteiger charge is 2.37. The minimum Gasteiger partial charge on any atom is -0.382 e. The first-order valence-corrected chi connectivity index (χ1v) is 9.68. The van der Waals surface area contributed by atoms with E-state index >= 15 is 0 Å². The fraction of sp³-hybridized carbons (Fsp3) is 0.429. The molecular formula is C21H19F9N2. The van der Waals surface area contributed by atoms with Crippen molar-refractivity contribution < 1.29 is 39.5 Å². The minimum absolute atomic E-state index is 0.0338. The van der Waals surface area contributed by atoms with Gasteiger partial charge in [0.2, 0.25) is 0 Å². The van der Waals surface area contributed by atoms with E-state index in [0.717, 1.165) is 12.1 Å². The molecule has 2 nitrogen and oxygen atoms in total. The third-order valence-corrected chi connectivity index (χ3v) is 5.33. The van der Waals surface area contributed by atoms with Crippen molar-refractivity contribution in [2.45, 2.75) is 56.9 Å². The first-order chi connectivity index (χ1) is 14.7. The molecule has 1 aliphatic rings. The maximum absolute atomic E-state index is 13.1. The lowest BCUT2D eigenvalue weighted by Gasteiger charge is -2.34. The first-order valence-electron chi connectivity index (χ1n) is 9.68. The van der Waals surface area contributed by atoms with Crippen LogP contribution in [0.15, 0.2) is 36.4 Å². The number of fused-ring (bicyclic) bond motifs is 1. The smallest absolute Gasteiger partial charge is 0.382 e. The van der Waals surface area contributed by atoms with Crippen LogP contribution in [0.25, 0.3) is 0 Å². The normalized spacial score (nSPS) is 19.4. The van der Waals surface area contributed by atoms with Gasteiger partial charge in [0, 0.05) is 24.3 Å². The molecule has 0 saturated heterocycles. The predicted molar refractivity (Wildman–Crippen MR) is 99.8 cm³/mol. The zero-order valence-electron chi connectivity index (χ0n) is 16.6. The number of benzene rings is 2. The van der Waals surface area contributed by atoms with Crippen molar-refractivity contribution >= 4 is 5.69 Å². The van der Waals surface area contributed by atoms with Gasteiger partial charge in [0.1, 0.15) is 0 Å². The maximum atomic E-state index is 13.1. The zero-order valence-corrected chi connectivity index (χ0v) is 16.6. The monoisotopic (exact) mass is 470 g/mol. The van der Waals surface area contributed by atoms with Gasteiger partial charge in [0.05, 0.1) is 16.7 Å². The van der Waals surface area contributed by atoms with E-state index in [2.05, 4.69) is 10.6 Å². The van der Waals surface area contributed by atoms with Crippen LogP contribution in [0.5, 0.6) is 0 Å². The van der Waals surface area contributed by atoms with E-state index in [0.29, 0.717) is 30.7 Å². The number of alkyl halides is 9. The van der Waals surface area contributed by atoms with Crippen LogP contribution in [-0.4, -0.2) is 6.04 Å². The summed E-state index contributed by atoms with van der Waals surface area (Å²) in [5, 5.41) is 5.96. The molecule has 32 heavy (non-hydrogen) atoms. The SMILES string of the molecule is CCC1CC(NCc2cc(C(F)(F)F)cc(C(F)(F)F)c2)c2cc(C(F)(F)F)ccc2N1. The molecule has 1 aliphatic heterocycles. The highest BCUT2D eigenvalue weighted by molar-refractivity contribution is 5.57. The van der Waals surface area contributed by atoms with Gasteiger partial charge in [0.15, 0.2) is 0 Å². The lowest BCUT2D eigenvalue weighted by atomic mass is 9.90. The molecular weight excluding hydrogens is 451 g/mol. The molecule has 176 valence electrons. The molecule has 0 spiro atoms. The van der Waals surface area contributed by atoms with Gasteiger partial charge in [-0.25, -0.2) is 0 Å². The Morgan fingerprint density at radius 3 is 1.88 bits per heavy atom. The Kier molecular flexibility index (Phi) is 6.43. The Bertz CT molecular complexity index is 929. The molecule has 0 saturated carbocycles. The summed E-state index contributed by atoms with van der Waals surface area (Å²) in [6.07, 6.45) is -13.6. The summed E-state index contributed by atoms with van der Waals surface area (Å²) in [6.45, 7) is 1.47. The Labute approximate surface area is 177 Å². The van der Waals surface area contributed by atoms with Crippen molar-refractivity contribution in [3.63, 3.8) is 0 Å². The van der Waals surface area contributed by atoms with Gasteiger partial charge >= 0.3 is 18.5 Å². The van der Waals surface area contributed by atoms with Crippen molar-refractivity contribution in [2.24, 2.45) is 0 Å². The molecule has 0 bridgehead atoms. The zero-order chi connectivity index (χ0) is 23.9. The van der Waals surface area contributed by atoms with Crippen LogP contribution in [0.4, 0.5) is 45.2 Å². The summed E-state index contributed by atoms with van der Waals surface area (Å²) in [5.74, 6) is 0. The molecule has 2 aromatic carbocycles. The second-order valence-electron chi connectivity index (χ2n) is 7.63. The molecule has 1 heterocycles. The van der Waals surface area contributed by atoms with Crippen LogP contribution in [0.3, 0.4) is 0 Å². The van der Waals surface area contributed by atoms with Gasteiger partial charge in [-0.05, 0) is 60.4 Å². The largest absolute Gasteiger partial charge is 0.416 e. The molecule has 2 aromatic rings. The fourth-order valence-electron chi connectivity index (χ4n) is 3.67. The van der Waals surface area contributed by atoms with Crippen LogP contribution < -0.4 is 10.6 Å². The average molecular weight is 470 g/mol. The predicted octanol–water partition coefficient (Wildman–Crippen LogP) is 7.17. The first kappa shape index (κ1) is 24.2. The van der Waals surface area contributed by atoms with Crippen molar-refractivity contribution in [3.05, 3.63) is 64.2 Å². The van der Waals surface area contributed by atoms with Crippen LogP contribution in [0.2, 0.25) is 0 Å². The molecule has 0 aromatic heterocycles. The summed E-state index contributed by atoms with van der Waals surface area (Å²) in [7, 11) is 0. The highest BCUT2D eigenvalue weighted by Crippen LogP contribution is 2.39. The Hall–Kier alpha value is -2.43. The number of hydrogen-bond donors (Lipinski definition) is 2. The average Bonchev–Trinajstić information content (AvgIpc) is 2.69. The quantitative estimate of drug-likeness (QED) is 0.463. The van der Waals surface area contributed by atoms with E-state index in [1.807, 2.05) is 6.92 Å². The number of hydrogen-bond acceptors (Lipinski definition) is 2. The Morgan fingerprint density at radius 2 is 1.38 bits per heavy atom. The maximum Gasteiger partial charge on any atom is 0.416 e. The topological polar surface area (TPSA) is 24.1 Å². The molecule has 0 fully saturated rings. The van der Waals surface area contributed by atoms with Crippen molar-refractivity contribution in [3.8, 4) is 0 Å². The van der Waals surface area contributed by atoms with E-state index in [4.69, 9.17) is 0 Å². The molecule has 11 heteroatoms. The summed E-state index contributed by atoms with van der Waals surface area (Å²) in [6, 6.07) is 3.57. The van der Waals surface area contributed by atoms with Gasteiger partial charge in [-0.15, -0.1) is 0 Å². The standard InChI is InChI=1S/C21H19F9N2/c1-2-15-9-18(16-8-12(19(22,23)24)3-4-17(16)32-15)31-10-11-5-13(20(25,26)27)7-14(6-11)21(28,29)30/h3-8,15,18,31-32H,2,9-10H2,1H3. The highest BCUT2D eigenvalue weighted by atomic mass is 19.4. The summed E-state index contributed by atoms with van der Waals surface area (Å²) < 4.78 is 118. The van der Waals surface area contributed by atoms with Crippen molar-refractivity contribution in [1.82, 2.24) is 5.32 Å². The lowest BCUT2D eigenvalue weighted by molar-refractivity contribution is -0.143. The lowest BCUT2D eigenvalue weighted by Crippen LogP contribution is -2.34. The number of halogens is 9. The molecule has 0 radical (unpaired) electrons. The number of rotatable bonds is 4. The van der Waals surface area contributed by atoms with Crippen LogP contribution in [-0.2, 0) is 25.1 Å². The molecule has 2 N–H and O–H groups in total. The summed E-state index contributed by atoms with van der Waals surface area (Å²) in [5.41, 5.74) is -3.35.